The molecule has 0 spiro atoms. The van der Waals surface area contributed by atoms with E-state index in [-0.39, 0.29) is 5.91 Å². The van der Waals surface area contributed by atoms with Crippen molar-refractivity contribution in [2.75, 3.05) is 44.2 Å². The molecule has 2 heterocycles. The topological polar surface area (TPSA) is 39.7 Å². The van der Waals surface area contributed by atoms with Crippen LogP contribution in [-0.2, 0) is 17.8 Å². The number of anilines is 1. The van der Waals surface area contributed by atoms with Gasteiger partial charge in [0.25, 0.3) is 0 Å². The first-order valence-electron chi connectivity index (χ1n) is 10.6. The molecule has 1 aliphatic heterocycles. The van der Waals surface area contributed by atoms with Crippen molar-refractivity contribution in [1.29, 1.82) is 0 Å². The number of carbonyl (C=O) groups is 1. The van der Waals surface area contributed by atoms with Crippen molar-refractivity contribution < 1.29 is 4.79 Å². The van der Waals surface area contributed by atoms with Gasteiger partial charge in [-0.25, -0.2) is 4.98 Å². The monoisotopic (exact) mass is 448 g/mol. The van der Waals surface area contributed by atoms with Gasteiger partial charge < -0.3 is 9.80 Å². The number of rotatable bonds is 8. The van der Waals surface area contributed by atoms with Crippen LogP contribution in [0.4, 0.5) is 5.82 Å². The predicted molar refractivity (Wildman–Crippen MR) is 124 cm³/mol. The quantitative estimate of drug-likeness (QED) is 0.595. The Morgan fingerprint density at radius 3 is 2.47 bits per heavy atom. The van der Waals surface area contributed by atoms with E-state index in [1.54, 1.807) is 6.07 Å². The van der Waals surface area contributed by atoms with Crippen LogP contribution in [-0.4, -0.2) is 60.0 Å². The molecule has 1 fully saturated rings. The molecule has 30 heavy (non-hydrogen) atoms. The molecular formula is C23H30Cl2N4O. The summed E-state index contributed by atoms with van der Waals surface area (Å²) in [4.78, 5) is 24.0. The Hall–Kier alpha value is -1.82. The maximum absolute atomic E-state index is 12.7. The SMILES string of the molecule is CCN(CC)Cc1cccnc1N1CCN(C(=O)CCc2ccc(Cl)cc2Cl)CC1. The van der Waals surface area contributed by atoms with E-state index in [9.17, 15) is 4.79 Å². The van der Waals surface area contributed by atoms with Crippen molar-refractivity contribution >= 4 is 34.9 Å². The molecule has 0 radical (unpaired) electrons. The summed E-state index contributed by atoms with van der Waals surface area (Å²) in [6, 6.07) is 9.60. The molecule has 2 aromatic rings. The first-order chi connectivity index (χ1) is 14.5. The summed E-state index contributed by atoms with van der Waals surface area (Å²) in [5.41, 5.74) is 2.21. The number of halogens is 2. The Labute approximate surface area is 189 Å². The Morgan fingerprint density at radius 1 is 1.07 bits per heavy atom. The van der Waals surface area contributed by atoms with Gasteiger partial charge in [-0.3, -0.25) is 9.69 Å². The van der Waals surface area contributed by atoms with Crippen LogP contribution in [0, 0.1) is 0 Å². The summed E-state index contributed by atoms with van der Waals surface area (Å²) in [6.07, 6.45) is 2.94. The lowest BCUT2D eigenvalue weighted by molar-refractivity contribution is -0.131. The summed E-state index contributed by atoms with van der Waals surface area (Å²) in [7, 11) is 0. The number of benzene rings is 1. The molecule has 0 aliphatic carbocycles. The molecular weight excluding hydrogens is 419 g/mol. The standard InChI is InChI=1S/C23H30Cl2N4O/c1-3-27(4-2)17-19-6-5-11-26-23(19)29-14-12-28(13-15-29)22(30)10-8-18-7-9-20(24)16-21(18)25/h5-7,9,11,16H,3-4,8,10,12-15,17H2,1-2H3. The van der Waals surface area contributed by atoms with E-state index >= 15 is 0 Å². The highest BCUT2D eigenvalue weighted by atomic mass is 35.5. The summed E-state index contributed by atoms with van der Waals surface area (Å²) >= 11 is 12.2. The highest BCUT2D eigenvalue weighted by molar-refractivity contribution is 6.35. The smallest absolute Gasteiger partial charge is 0.223 e. The van der Waals surface area contributed by atoms with Crippen LogP contribution in [0.3, 0.4) is 0 Å². The minimum Gasteiger partial charge on any atom is -0.353 e. The molecule has 0 atom stereocenters. The Bertz CT molecular complexity index is 849. The van der Waals surface area contributed by atoms with Gasteiger partial charge in [0.1, 0.15) is 5.82 Å². The van der Waals surface area contributed by atoms with E-state index in [1.807, 2.05) is 29.3 Å². The van der Waals surface area contributed by atoms with Crippen molar-refractivity contribution in [1.82, 2.24) is 14.8 Å². The van der Waals surface area contributed by atoms with E-state index in [4.69, 9.17) is 23.2 Å². The van der Waals surface area contributed by atoms with Crippen molar-refractivity contribution in [2.45, 2.75) is 33.2 Å². The van der Waals surface area contributed by atoms with Crippen LogP contribution in [0.15, 0.2) is 36.5 Å². The van der Waals surface area contributed by atoms with Gasteiger partial charge >= 0.3 is 0 Å². The molecule has 1 aromatic carbocycles. The molecule has 1 saturated heterocycles. The lowest BCUT2D eigenvalue weighted by Gasteiger charge is -2.36. The van der Waals surface area contributed by atoms with Gasteiger partial charge in [-0.15, -0.1) is 0 Å². The Kier molecular flexibility index (Phi) is 8.37. The van der Waals surface area contributed by atoms with Crippen LogP contribution in [0.5, 0.6) is 0 Å². The molecule has 0 N–H and O–H groups in total. The average molecular weight is 449 g/mol. The maximum atomic E-state index is 12.7. The fourth-order valence-electron chi connectivity index (χ4n) is 3.82. The number of pyridine rings is 1. The average Bonchev–Trinajstić information content (AvgIpc) is 2.77. The van der Waals surface area contributed by atoms with Crippen LogP contribution in [0.2, 0.25) is 10.0 Å². The number of nitrogens with zero attached hydrogens (tertiary/aromatic N) is 4. The fraction of sp³-hybridized carbons (Fsp3) is 0.478. The lowest BCUT2D eigenvalue weighted by Crippen LogP contribution is -2.49. The maximum Gasteiger partial charge on any atom is 0.223 e. The van der Waals surface area contributed by atoms with Crippen LogP contribution < -0.4 is 4.90 Å². The van der Waals surface area contributed by atoms with Gasteiger partial charge in [-0.05, 0) is 43.3 Å². The molecule has 0 unspecified atom stereocenters. The second kappa shape index (κ2) is 11.0. The highest BCUT2D eigenvalue weighted by Crippen LogP contribution is 2.23. The summed E-state index contributed by atoms with van der Waals surface area (Å²) < 4.78 is 0. The second-order valence-corrected chi connectivity index (χ2v) is 8.39. The van der Waals surface area contributed by atoms with Crippen molar-refractivity contribution in [3.05, 3.63) is 57.7 Å². The Balaban J connectivity index is 1.55. The van der Waals surface area contributed by atoms with Gasteiger partial charge in [0.2, 0.25) is 5.91 Å². The molecule has 162 valence electrons. The van der Waals surface area contributed by atoms with E-state index < -0.39 is 0 Å². The third-order valence-corrected chi connectivity index (χ3v) is 6.30. The van der Waals surface area contributed by atoms with Crippen LogP contribution in [0.1, 0.15) is 31.4 Å². The number of aryl methyl sites for hydroxylation is 1. The minimum atomic E-state index is 0.171. The van der Waals surface area contributed by atoms with Crippen LogP contribution in [0.25, 0.3) is 0 Å². The first-order valence-corrected chi connectivity index (χ1v) is 11.4. The van der Waals surface area contributed by atoms with Gasteiger partial charge in [0.15, 0.2) is 0 Å². The molecule has 1 amide bonds. The largest absolute Gasteiger partial charge is 0.353 e. The first kappa shape index (κ1) is 22.9. The van der Waals surface area contributed by atoms with Gasteiger partial charge in [-0.1, -0.05) is 49.2 Å². The number of aromatic nitrogens is 1. The van der Waals surface area contributed by atoms with Crippen molar-refractivity contribution in [2.24, 2.45) is 0 Å². The molecule has 1 aliphatic rings. The summed E-state index contributed by atoms with van der Waals surface area (Å²) in [6.45, 7) is 10.3. The van der Waals surface area contributed by atoms with Crippen LogP contribution >= 0.6 is 23.2 Å². The number of hydrogen-bond donors (Lipinski definition) is 0. The third-order valence-electron chi connectivity index (χ3n) is 5.71. The van der Waals surface area contributed by atoms with Gasteiger partial charge in [0.05, 0.1) is 0 Å². The highest BCUT2D eigenvalue weighted by Gasteiger charge is 2.23. The number of carbonyl (C=O) groups excluding carboxylic acids is 1. The predicted octanol–water partition coefficient (Wildman–Crippen LogP) is 4.51. The second-order valence-electron chi connectivity index (χ2n) is 7.55. The molecule has 0 saturated carbocycles. The number of hydrogen-bond acceptors (Lipinski definition) is 4. The zero-order valence-electron chi connectivity index (χ0n) is 17.8. The van der Waals surface area contributed by atoms with Gasteiger partial charge in [-0.2, -0.15) is 0 Å². The molecule has 7 heteroatoms. The van der Waals surface area contributed by atoms with E-state index in [0.29, 0.717) is 36.0 Å². The van der Waals surface area contributed by atoms with E-state index in [1.165, 1.54) is 5.56 Å². The normalized spacial score (nSPS) is 14.4. The molecule has 5 nitrogen and oxygen atoms in total. The molecule has 1 aromatic heterocycles. The van der Waals surface area contributed by atoms with E-state index in [2.05, 4.69) is 34.7 Å². The summed E-state index contributed by atoms with van der Waals surface area (Å²) in [5.74, 6) is 1.22. The Morgan fingerprint density at radius 2 is 1.80 bits per heavy atom. The van der Waals surface area contributed by atoms with Gasteiger partial charge in [0, 0.05) is 61.0 Å². The molecule has 3 rings (SSSR count). The van der Waals surface area contributed by atoms with Crippen molar-refractivity contribution in [3.63, 3.8) is 0 Å². The number of amides is 1. The third kappa shape index (κ3) is 5.87. The van der Waals surface area contributed by atoms with E-state index in [0.717, 1.165) is 44.1 Å². The lowest BCUT2D eigenvalue weighted by atomic mass is 10.1. The summed E-state index contributed by atoms with van der Waals surface area (Å²) in [5, 5.41) is 1.23. The fourth-order valence-corrected chi connectivity index (χ4v) is 4.32. The molecule has 0 bridgehead atoms. The zero-order valence-corrected chi connectivity index (χ0v) is 19.3. The van der Waals surface area contributed by atoms with Crippen molar-refractivity contribution in [3.8, 4) is 0 Å². The zero-order chi connectivity index (χ0) is 21.5. The minimum absolute atomic E-state index is 0.171. The number of piperazine rings is 1.